The van der Waals surface area contributed by atoms with Crippen molar-refractivity contribution in [2.45, 2.75) is 32.0 Å². The Hall–Kier alpha value is -1.88. The number of carbonyl (C=O) groups excluding carboxylic acids is 1. The molecule has 1 N–H and O–H groups in total. The molecule has 0 bridgehead atoms. The van der Waals surface area contributed by atoms with Crippen molar-refractivity contribution in [3.63, 3.8) is 0 Å². The number of Topliss-reactive ketones (excluding diaryl/α,β-unsaturated/α-hetero) is 1. The van der Waals surface area contributed by atoms with E-state index in [0.717, 1.165) is 0 Å². The number of ether oxygens (including phenoxy) is 1. The smallest absolute Gasteiger partial charge is 0.409 e. The molecule has 2 rings (SSSR count). The van der Waals surface area contributed by atoms with E-state index in [0.29, 0.717) is 5.56 Å². The lowest BCUT2D eigenvalue weighted by Gasteiger charge is -2.30. The lowest BCUT2D eigenvalue weighted by Crippen LogP contribution is -2.47. The van der Waals surface area contributed by atoms with Gasteiger partial charge in [0.1, 0.15) is 5.72 Å². The van der Waals surface area contributed by atoms with Crippen LogP contribution in [0.2, 0.25) is 0 Å². The van der Waals surface area contributed by atoms with Crippen molar-refractivity contribution in [1.29, 1.82) is 0 Å². The number of ketones is 1. The second kappa shape index (κ2) is 5.01. The highest BCUT2D eigenvalue weighted by atomic mass is 16.5. The van der Waals surface area contributed by atoms with Gasteiger partial charge in [-0.3, -0.25) is 9.69 Å². The fraction of sp³-hybridized carbons (Fsp3) is 0.429. The van der Waals surface area contributed by atoms with Crippen LogP contribution in [0.15, 0.2) is 30.3 Å². The van der Waals surface area contributed by atoms with E-state index in [1.54, 1.807) is 38.1 Å². The first-order chi connectivity index (χ1) is 8.92. The maximum Gasteiger partial charge on any atom is 0.409 e. The Bertz CT molecular complexity index is 483. The van der Waals surface area contributed by atoms with Crippen LogP contribution >= 0.6 is 0 Å². The summed E-state index contributed by atoms with van der Waals surface area (Å²) in [5, 5.41) is 9.24. The van der Waals surface area contributed by atoms with Crippen LogP contribution in [0.5, 0.6) is 0 Å². The quantitative estimate of drug-likeness (QED) is 0.850. The van der Waals surface area contributed by atoms with E-state index < -0.39 is 17.9 Å². The summed E-state index contributed by atoms with van der Waals surface area (Å²) in [6.45, 7) is 3.63. The van der Waals surface area contributed by atoms with Crippen LogP contribution < -0.4 is 0 Å². The zero-order chi connectivity index (χ0) is 14.0. The van der Waals surface area contributed by atoms with Gasteiger partial charge in [0.05, 0.1) is 12.6 Å². The molecule has 5 heteroatoms. The molecule has 1 aromatic rings. The average Bonchev–Trinajstić information content (AvgIpc) is 2.65. The van der Waals surface area contributed by atoms with E-state index in [2.05, 4.69) is 0 Å². The molecule has 0 spiro atoms. The van der Waals surface area contributed by atoms with Crippen molar-refractivity contribution in [3.8, 4) is 0 Å². The molecule has 1 aromatic carbocycles. The molecular formula is C14H17NO4. The van der Waals surface area contributed by atoms with Gasteiger partial charge in [-0.15, -0.1) is 0 Å². The van der Waals surface area contributed by atoms with E-state index in [-0.39, 0.29) is 18.8 Å². The van der Waals surface area contributed by atoms with Gasteiger partial charge in [-0.2, -0.15) is 0 Å². The molecule has 0 aliphatic carbocycles. The zero-order valence-electron chi connectivity index (χ0n) is 11.0. The minimum atomic E-state index is -1.06. The first kappa shape index (κ1) is 13.5. The Morgan fingerprint density at radius 2 is 2.00 bits per heavy atom. The average molecular weight is 263 g/mol. The molecule has 0 unspecified atom stereocenters. The summed E-state index contributed by atoms with van der Waals surface area (Å²) in [6.07, 6.45) is -0.923. The largest absolute Gasteiger partial charge is 0.465 e. The predicted octanol–water partition coefficient (Wildman–Crippen LogP) is 2.37. The Morgan fingerprint density at radius 1 is 1.37 bits per heavy atom. The Labute approximate surface area is 111 Å². The summed E-state index contributed by atoms with van der Waals surface area (Å²) >= 11 is 0. The van der Waals surface area contributed by atoms with Crippen LogP contribution in [0, 0.1) is 0 Å². The van der Waals surface area contributed by atoms with Crippen LogP contribution in [0.4, 0.5) is 4.79 Å². The summed E-state index contributed by atoms with van der Waals surface area (Å²) in [6, 6.07) is 8.44. The normalized spacial score (nSPS) is 21.4. The van der Waals surface area contributed by atoms with Gasteiger partial charge in [0.25, 0.3) is 0 Å². The molecule has 1 atom stereocenters. The number of carboxylic acid groups (broad SMARTS) is 1. The highest BCUT2D eigenvalue weighted by Crippen LogP contribution is 2.29. The van der Waals surface area contributed by atoms with Crippen molar-refractivity contribution < 1.29 is 19.4 Å². The van der Waals surface area contributed by atoms with Crippen molar-refractivity contribution in [1.82, 2.24) is 4.90 Å². The van der Waals surface area contributed by atoms with E-state index >= 15 is 0 Å². The van der Waals surface area contributed by atoms with Crippen molar-refractivity contribution >= 4 is 11.9 Å². The number of hydrogen-bond donors (Lipinski definition) is 1. The third-order valence-corrected chi connectivity index (χ3v) is 3.30. The number of amides is 1. The van der Waals surface area contributed by atoms with Gasteiger partial charge in [-0.1, -0.05) is 30.3 Å². The number of carbonyl (C=O) groups is 2. The molecule has 0 saturated carbocycles. The zero-order valence-corrected chi connectivity index (χ0v) is 11.0. The number of hydrogen-bond acceptors (Lipinski definition) is 3. The van der Waals surface area contributed by atoms with Gasteiger partial charge in [0.15, 0.2) is 5.78 Å². The highest BCUT2D eigenvalue weighted by molar-refractivity contribution is 5.96. The lowest BCUT2D eigenvalue weighted by molar-refractivity contribution is -0.0418. The Balaban J connectivity index is 2.11. The maximum atomic E-state index is 12.1. The first-order valence-corrected chi connectivity index (χ1v) is 6.16. The summed E-state index contributed by atoms with van der Waals surface area (Å²) in [5.41, 5.74) is -0.287. The van der Waals surface area contributed by atoms with Gasteiger partial charge in [0.2, 0.25) is 0 Å². The summed E-state index contributed by atoms with van der Waals surface area (Å²) < 4.78 is 5.46. The van der Waals surface area contributed by atoms with Gasteiger partial charge in [-0.25, -0.2) is 4.79 Å². The first-order valence-electron chi connectivity index (χ1n) is 6.16. The fourth-order valence-corrected chi connectivity index (χ4v) is 2.38. The Kier molecular flexibility index (Phi) is 3.57. The second-order valence-electron chi connectivity index (χ2n) is 5.06. The van der Waals surface area contributed by atoms with Gasteiger partial charge in [0, 0.05) is 12.0 Å². The van der Waals surface area contributed by atoms with Crippen LogP contribution in [0.25, 0.3) is 0 Å². The van der Waals surface area contributed by atoms with E-state index in [1.165, 1.54) is 4.90 Å². The SMILES string of the molecule is CC1(C)OC[C@@H](CC(=O)c2ccccc2)N1C(=O)O. The minimum Gasteiger partial charge on any atom is -0.465 e. The lowest BCUT2D eigenvalue weighted by atomic mass is 10.0. The van der Waals surface area contributed by atoms with Crippen molar-refractivity contribution in [2.24, 2.45) is 0 Å². The molecule has 1 heterocycles. The molecule has 1 aliphatic rings. The molecule has 0 aromatic heterocycles. The summed E-state index contributed by atoms with van der Waals surface area (Å²) in [4.78, 5) is 24.6. The number of rotatable bonds is 3. The molecule has 1 fully saturated rings. The van der Waals surface area contributed by atoms with Gasteiger partial charge in [-0.05, 0) is 13.8 Å². The highest BCUT2D eigenvalue weighted by Gasteiger charge is 2.44. The van der Waals surface area contributed by atoms with Crippen LogP contribution in [-0.2, 0) is 4.74 Å². The van der Waals surface area contributed by atoms with Crippen LogP contribution in [-0.4, -0.2) is 40.3 Å². The third-order valence-electron chi connectivity index (χ3n) is 3.30. The molecule has 0 radical (unpaired) electrons. The van der Waals surface area contributed by atoms with E-state index in [9.17, 15) is 14.7 Å². The van der Waals surface area contributed by atoms with Gasteiger partial charge < -0.3 is 9.84 Å². The Morgan fingerprint density at radius 3 is 2.58 bits per heavy atom. The van der Waals surface area contributed by atoms with Gasteiger partial charge >= 0.3 is 6.09 Å². The topological polar surface area (TPSA) is 66.8 Å². The molecule has 1 saturated heterocycles. The van der Waals surface area contributed by atoms with E-state index in [1.807, 2.05) is 6.07 Å². The molecule has 19 heavy (non-hydrogen) atoms. The second-order valence-corrected chi connectivity index (χ2v) is 5.06. The molecule has 5 nitrogen and oxygen atoms in total. The number of benzene rings is 1. The standard InChI is InChI=1S/C14H17NO4/c1-14(2)15(13(17)18)11(9-19-14)8-12(16)10-6-4-3-5-7-10/h3-7,11H,8-9H2,1-2H3,(H,17,18)/t11-/m1/s1. The molecular weight excluding hydrogens is 246 g/mol. The molecule has 1 amide bonds. The van der Waals surface area contributed by atoms with Crippen LogP contribution in [0.3, 0.4) is 0 Å². The number of nitrogens with zero attached hydrogens (tertiary/aromatic N) is 1. The third kappa shape index (κ3) is 2.76. The monoisotopic (exact) mass is 263 g/mol. The summed E-state index contributed by atoms with van der Waals surface area (Å²) in [7, 11) is 0. The predicted molar refractivity (Wildman–Crippen MR) is 69.1 cm³/mol. The molecule has 1 aliphatic heterocycles. The molecule has 102 valence electrons. The van der Waals surface area contributed by atoms with Crippen LogP contribution in [0.1, 0.15) is 30.6 Å². The van der Waals surface area contributed by atoms with Crippen molar-refractivity contribution in [3.05, 3.63) is 35.9 Å². The summed E-state index contributed by atoms with van der Waals surface area (Å²) in [5.74, 6) is -0.0712. The van der Waals surface area contributed by atoms with Crippen molar-refractivity contribution in [2.75, 3.05) is 6.61 Å². The van der Waals surface area contributed by atoms with E-state index in [4.69, 9.17) is 4.74 Å². The minimum absolute atomic E-state index is 0.0712. The maximum absolute atomic E-state index is 12.1. The fourth-order valence-electron chi connectivity index (χ4n) is 2.38.